The van der Waals surface area contributed by atoms with Crippen LogP contribution in [0.2, 0.25) is 0 Å². The van der Waals surface area contributed by atoms with E-state index in [2.05, 4.69) is 16.0 Å². The Kier molecular flexibility index (Phi) is 7.37. The van der Waals surface area contributed by atoms with Crippen molar-refractivity contribution in [3.8, 4) is 0 Å². The van der Waals surface area contributed by atoms with Gasteiger partial charge in [0.05, 0.1) is 11.4 Å². The zero-order valence-electron chi connectivity index (χ0n) is 16.8. The van der Waals surface area contributed by atoms with Gasteiger partial charge >= 0.3 is 0 Å². The number of nitrogens with one attached hydrogen (secondary N) is 3. The Hall–Kier alpha value is -3.24. The Balaban J connectivity index is 1.52. The van der Waals surface area contributed by atoms with Gasteiger partial charge in [-0.2, -0.15) is 4.31 Å². The number of hydrogen-bond acceptors (Lipinski definition) is 5. The number of sulfonamides is 1. The van der Waals surface area contributed by atoms with Gasteiger partial charge in [-0.25, -0.2) is 8.42 Å². The smallest absolute Gasteiger partial charge is 0.251 e. The van der Waals surface area contributed by atoms with Crippen LogP contribution in [-0.2, 0) is 26.2 Å². The van der Waals surface area contributed by atoms with Crippen molar-refractivity contribution in [1.29, 1.82) is 0 Å². The lowest BCUT2D eigenvalue weighted by atomic mass is 10.2. The van der Waals surface area contributed by atoms with Crippen LogP contribution in [0.1, 0.15) is 22.3 Å². The molecule has 0 bridgehead atoms. The minimum atomic E-state index is -3.89. The molecule has 9 nitrogen and oxygen atoms in total. The Labute approximate surface area is 180 Å². The van der Waals surface area contributed by atoms with E-state index in [-0.39, 0.29) is 54.9 Å². The van der Waals surface area contributed by atoms with Gasteiger partial charge in [-0.3, -0.25) is 14.4 Å². The molecule has 0 atom stereocenters. The second-order valence-electron chi connectivity index (χ2n) is 6.98. The van der Waals surface area contributed by atoms with Gasteiger partial charge in [0.2, 0.25) is 21.8 Å². The molecule has 3 amide bonds. The maximum absolute atomic E-state index is 12.8. The first kappa shape index (κ1) is 22.4. The standard InChI is InChI=1S/C21H24N4O5S/c26-19(24-14-16-5-2-1-3-6-16)9-10-23-21(28)17-7-4-8-18(13-17)31(29,30)25-12-11-22-20(27)15-25/h1-8,13H,9-12,14-15H2,(H,22,27)(H,23,28)(H,24,26). The monoisotopic (exact) mass is 444 g/mol. The molecule has 0 aromatic heterocycles. The van der Waals surface area contributed by atoms with Crippen molar-refractivity contribution in [3.63, 3.8) is 0 Å². The molecule has 1 saturated heterocycles. The number of benzene rings is 2. The summed E-state index contributed by atoms with van der Waals surface area (Å²) < 4.78 is 26.6. The van der Waals surface area contributed by atoms with Gasteiger partial charge in [-0.1, -0.05) is 36.4 Å². The lowest BCUT2D eigenvalue weighted by Crippen LogP contribution is -2.49. The third-order valence-electron chi connectivity index (χ3n) is 4.71. The normalized spacial score (nSPS) is 14.5. The highest BCUT2D eigenvalue weighted by Crippen LogP contribution is 2.18. The second kappa shape index (κ2) is 10.2. The summed E-state index contributed by atoms with van der Waals surface area (Å²) in [5, 5.41) is 7.97. The minimum Gasteiger partial charge on any atom is -0.354 e. The molecule has 0 unspecified atom stereocenters. The highest BCUT2D eigenvalue weighted by molar-refractivity contribution is 7.89. The summed E-state index contributed by atoms with van der Waals surface area (Å²) in [4.78, 5) is 35.8. The minimum absolute atomic E-state index is 0.0598. The van der Waals surface area contributed by atoms with E-state index in [9.17, 15) is 22.8 Å². The number of rotatable bonds is 8. The second-order valence-corrected chi connectivity index (χ2v) is 8.92. The number of piperazine rings is 1. The van der Waals surface area contributed by atoms with Gasteiger partial charge in [-0.05, 0) is 23.8 Å². The van der Waals surface area contributed by atoms with Crippen molar-refractivity contribution in [2.24, 2.45) is 0 Å². The highest BCUT2D eigenvalue weighted by atomic mass is 32.2. The highest BCUT2D eigenvalue weighted by Gasteiger charge is 2.29. The van der Waals surface area contributed by atoms with Crippen LogP contribution >= 0.6 is 0 Å². The van der Waals surface area contributed by atoms with Crippen LogP contribution < -0.4 is 16.0 Å². The molecule has 3 rings (SSSR count). The fraction of sp³-hybridized carbons (Fsp3) is 0.286. The molecule has 0 aliphatic carbocycles. The van der Waals surface area contributed by atoms with Gasteiger partial charge in [0.15, 0.2) is 0 Å². The molecule has 1 aliphatic heterocycles. The van der Waals surface area contributed by atoms with E-state index in [0.717, 1.165) is 9.87 Å². The van der Waals surface area contributed by atoms with Crippen LogP contribution in [-0.4, -0.2) is 56.6 Å². The van der Waals surface area contributed by atoms with Gasteiger partial charge in [0.1, 0.15) is 0 Å². The topological polar surface area (TPSA) is 125 Å². The maximum Gasteiger partial charge on any atom is 0.251 e. The van der Waals surface area contributed by atoms with Crippen LogP contribution in [0.15, 0.2) is 59.5 Å². The van der Waals surface area contributed by atoms with E-state index in [1.165, 1.54) is 24.3 Å². The molecule has 2 aromatic carbocycles. The van der Waals surface area contributed by atoms with Crippen LogP contribution in [0.3, 0.4) is 0 Å². The molecule has 0 saturated carbocycles. The van der Waals surface area contributed by atoms with Gasteiger partial charge in [0.25, 0.3) is 5.91 Å². The summed E-state index contributed by atoms with van der Waals surface area (Å²) in [5.74, 6) is -1.05. The van der Waals surface area contributed by atoms with Crippen LogP contribution in [0.4, 0.5) is 0 Å². The van der Waals surface area contributed by atoms with Crippen molar-refractivity contribution in [2.45, 2.75) is 17.9 Å². The fourth-order valence-corrected chi connectivity index (χ4v) is 4.49. The summed E-state index contributed by atoms with van der Waals surface area (Å²) in [6, 6.07) is 15.1. The van der Waals surface area contributed by atoms with Crippen LogP contribution in [0, 0.1) is 0 Å². The van der Waals surface area contributed by atoms with Crippen LogP contribution in [0.25, 0.3) is 0 Å². The van der Waals surface area contributed by atoms with E-state index < -0.39 is 15.9 Å². The zero-order valence-corrected chi connectivity index (χ0v) is 17.7. The Morgan fingerprint density at radius 3 is 2.55 bits per heavy atom. The molecule has 10 heteroatoms. The van der Waals surface area contributed by atoms with E-state index in [1.807, 2.05) is 30.3 Å². The van der Waals surface area contributed by atoms with Crippen molar-refractivity contribution in [1.82, 2.24) is 20.3 Å². The van der Waals surface area contributed by atoms with Gasteiger partial charge < -0.3 is 16.0 Å². The number of carbonyl (C=O) groups is 3. The van der Waals surface area contributed by atoms with E-state index in [0.29, 0.717) is 6.54 Å². The van der Waals surface area contributed by atoms with Gasteiger partial charge in [0, 0.05) is 38.2 Å². The van der Waals surface area contributed by atoms with Crippen molar-refractivity contribution in [2.75, 3.05) is 26.2 Å². The Morgan fingerprint density at radius 2 is 1.81 bits per heavy atom. The lowest BCUT2D eigenvalue weighted by Gasteiger charge is -2.26. The van der Waals surface area contributed by atoms with Gasteiger partial charge in [-0.15, -0.1) is 0 Å². The Morgan fingerprint density at radius 1 is 1.03 bits per heavy atom. The first-order valence-corrected chi connectivity index (χ1v) is 11.3. The maximum atomic E-state index is 12.8. The molecule has 0 radical (unpaired) electrons. The molecule has 3 N–H and O–H groups in total. The summed E-state index contributed by atoms with van der Waals surface area (Å²) in [6.07, 6.45) is 0.0967. The fourth-order valence-electron chi connectivity index (χ4n) is 3.04. The molecule has 1 heterocycles. The number of carbonyl (C=O) groups excluding carboxylic acids is 3. The third-order valence-corrected chi connectivity index (χ3v) is 6.55. The van der Waals surface area contributed by atoms with E-state index in [1.54, 1.807) is 0 Å². The molecular weight excluding hydrogens is 420 g/mol. The van der Waals surface area contributed by atoms with Crippen molar-refractivity contribution < 1.29 is 22.8 Å². The number of nitrogens with zero attached hydrogens (tertiary/aromatic N) is 1. The van der Waals surface area contributed by atoms with E-state index in [4.69, 9.17) is 0 Å². The molecule has 31 heavy (non-hydrogen) atoms. The average Bonchev–Trinajstić information content (AvgIpc) is 2.78. The Bertz CT molecular complexity index is 1060. The molecule has 0 spiro atoms. The summed E-state index contributed by atoms with van der Waals surface area (Å²) in [7, 11) is -3.89. The summed E-state index contributed by atoms with van der Waals surface area (Å²) in [5.41, 5.74) is 1.14. The zero-order chi connectivity index (χ0) is 22.3. The summed E-state index contributed by atoms with van der Waals surface area (Å²) in [6.45, 7) is 0.675. The average molecular weight is 445 g/mol. The molecular formula is C21H24N4O5S. The van der Waals surface area contributed by atoms with Crippen molar-refractivity contribution >= 4 is 27.7 Å². The third kappa shape index (κ3) is 6.12. The molecule has 2 aromatic rings. The molecule has 164 valence electrons. The van der Waals surface area contributed by atoms with Crippen molar-refractivity contribution in [3.05, 3.63) is 65.7 Å². The first-order valence-electron chi connectivity index (χ1n) is 9.82. The predicted molar refractivity (Wildman–Crippen MR) is 113 cm³/mol. The predicted octanol–water partition coefficient (Wildman–Crippen LogP) is 0.243. The largest absolute Gasteiger partial charge is 0.354 e. The van der Waals surface area contributed by atoms with E-state index >= 15 is 0 Å². The quantitative estimate of drug-likeness (QED) is 0.538. The molecule has 1 fully saturated rings. The summed E-state index contributed by atoms with van der Waals surface area (Å²) >= 11 is 0. The first-order chi connectivity index (χ1) is 14.9. The molecule has 1 aliphatic rings. The SMILES string of the molecule is O=C(CCNC(=O)c1cccc(S(=O)(=O)N2CCNC(=O)C2)c1)NCc1ccccc1. The number of amides is 3. The lowest BCUT2D eigenvalue weighted by molar-refractivity contribution is -0.123. The van der Waals surface area contributed by atoms with Crippen LogP contribution in [0.5, 0.6) is 0 Å². The number of hydrogen-bond donors (Lipinski definition) is 3.